The van der Waals surface area contributed by atoms with Crippen molar-refractivity contribution in [3.63, 3.8) is 0 Å². The summed E-state index contributed by atoms with van der Waals surface area (Å²) in [5.74, 6) is 0. The van der Waals surface area contributed by atoms with Crippen LogP contribution in [0.15, 0.2) is 24.3 Å². The largest absolute Gasteiger partial charge is 0.380 e. The quantitative estimate of drug-likeness (QED) is 0.829. The number of nitrogens with two attached hydrogens (primary N) is 1. The maximum atomic E-state index is 12.5. The fourth-order valence-corrected chi connectivity index (χ4v) is 4.12. The molecular formula is C14H23N3O3S. The van der Waals surface area contributed by atoms with Gasteiger partial charge in [-0.1, -0.05) is 18.6 Å². The first kappa shape index (κ1) is 16.2. The molecule has 0 aromatic heterocycles. The van der Waals surface area contributed by atoms with Crippen molar-refractivity contribution >= 4 is 15.9 Å². The van der Waals surface area contributed by atoms with E-state index in [9.17, 15) is 8.42 Å². The Kier molecular flexibility index (Phi) is 5.58. The lowest BCUT2D eigenvalue weighted by molar-refractivity contribution is 0.185. The summed E-state index contributed by atoms with van der Waals surface area (Å²) in [5, 5.41) is 0. The van der Waals surface area contributed by atoms with Gasteiger partial charge in [0, 0.05) is 26.2 Å². The predicted molar refractivity (Wildman–Crippen MR) is 83.1 cm³/mol. The van der Waals surface area contributed by atoms with Crippen LogP contribution in [0.25, 0.3) is 0 Å². The Morgan fingerprint density at radius 3 is 2.95 bits per heavy atom. The van der Waals surface area contributed by atoms with Gasteiger partial charge in [0.1, 0.15) is 0 Å². The van der Waals surface area contributed by atoms with E-state index in [0.717, 1.165) is 24.8 Å². The molecule has 1 aromatic carbocycles. The Bertz CT molecular complexity index is 562. The van der Waals surface area contributed by atoms with E-state index in [2.05, 4.69) is 4.72 Å². The minimum atomic E-state index is -3.57. The minimum Gasteiger partial charge on any atom is -0.380 e. The number of hydrogen-bond donors (Lipinski definition) is 2. The highest BCUT2D eigenvalue weighted by molar-refractivity contribution is 7.90. The SMILES string of the molecule is COCc1cccc(NS(=O)(=O)N2CCCCC2CN)c1. The summed E-state index contributed by atoms with van der Waals surface area (Å²) in [6, 6.07) is 7.10. The van der Waals surface area contributed by atoms with Crippen molar-refractivity contribution in [1.82, 2.24) is 4.31 Å². The average Bonchev–Trinajstić information content (AvgIpc) is 2.47. The molecule has 1 aliphatic heterocycles. The molecular weight excluding hydrogens is 290 g/mol. The van der Waals surface area contributed by atoms with E-state index in [1.54, 1.807) is 19.2 Å². The molecule has 0 saturated carbocycles. The molecule has 6 nitrogen and oxygen atoms in total. The first-order valence-corrected chi connectivity index (χ1v) is 8.58. The van der Waals surface area contributed by atoms with E-state index in [0.29, 0.717) is 25.4 Å². The fraction of sp³-hybridized carbons (Fsp3) is 0.571. The van der Waals surface area contributed by atoms with Gasteiger partial charge in [0.15, 0.2) is 0 Å². The minimum absolute atomic E-state index is 0.113. The van der Waals surface area contributed by atoms with Crippen molar-refractivity contribution in [2.75, 3.05) is 24.9 Å². The summed E-state index contributed by atoms with van der Waals surface area (Å²) in [6.07, 6.45) is 2.72. The van der Waals surface area contributed by atoms with Crippen molar-refractivity contribution < 1.29 is 13.2 Å². The maximum absolute atomic E-state index is 12.5. The van der Waals surface area contributed by atoms with Gasteiger partial charge in [-0.05, 0) is 30.5 Å². The zero-order chi connectivity index (χ0) is 15.3. The monoisotopic (exact) mass is 313 g/mol. The van der Waals surface area contributed by atoms with Gasteiger partial charge >= 0.3 is 10.2 Å². The number of piperidine rings is 1. The van der Waals surface area contributed by atoms with Crippen LogP contribution < -0.4 is 10.5 Å². The first-order valence-electron chi connectivity index (χ1n) is 7.14. The molecule has 1 aliphatic rings. The molecule has 1 unspecified atom stereocenters. The highest BCUT2D eigenvalue weighted by atomic mass is 32.2. The van der Waals surface area contributed by atoms with Crippen LogP contribution in [0.3, 0.4) is 0 Å². The molecule has 21 heavy (non-hydrogen) atoms. The Morgan fingerprint density at radius 2 is 2.24 bits per heavy atom. The van der Waals surface area contributed by atoms with E-state index >= 15 is 0 Å². The van der Waals surface area contributed by atoms with Crippen molar-refractivity contribution in [2.24, 2.45) is 5.73 Å². The van der Waals surface area contributed by atoms with Crippen LogP contribution >= 0.6 is 0 Å². The van der Waals surface area contributed by atoms with Crippen LogP contribution in [0.1, 0.15) is 24.8 Å². The predicted octanol–water partition coefficient (Wildman–Crippen LogP) is 1.30. The Balaban J connectivity index is 2.14. The summed E-state index contributed by atoms with van der Waals surface area (Å²) < 4.78 is 34.2. The molecule has 0 amide bonds. The van der Waals surface area contributed by atoms with E-state index < -0.39 is 10.2 Å². The summed E-state index contributed by atoms with van der Waals surface area (Å²) in [4.78, 5) is 0. The van der Waals surface area contributed by atoms with Crippen LogP contribution in [0.2, 0.25) is 0 Å². The van der Waals surface area contributed by atoms with E-state index in [4.69, 9.17) is 10.5 Å². The topological polar surface area (TPSA) is 84.7 Å². The zero-order valence-corrected chi connectivity index (χ0v) is 13.1. The molecule has 118 valence electrons. The molecule has 7 heteroatoms. The average molecular weight is 313 g/mol. The third-order valence-corrected chi connectivity index (χ3v) is 5.23. The van der Waals surface area contributed by atoms with Crippen LogP contribution in [0, 0.1) is 0 Å². The molecule has 0 aliphatic carbocycles. The molecule has 1 aromatic rings. The number of nitrogens with one attached hydrogen (secondary N) is 1. The molecule has 1 saturated heterocycles. The van der Waals surface area contributed by atoms with E-state index in [1.807, 2.05) is 12.1 Å². The molecule has 2 rings (SSSR count). The molecule has 0 spiro atoms. The van der Waals surface area contributed by atoms with Crippen molar-refractivity contribution in [3.05, 3.63) is 29.8 Å². The van der Waals surface area contributed by atoms with Crippen LogP contribution in [0.5, 0.6) is 0 Å². The van der Waals surface area contributed by atoms with Gasteiger partial charge in [0.25, 0.3) is 0 Å². The highest BCUT2D eigenvalue weighted by Crippen LogP contribution is 2.22. The van der Waals surface area contributed by atoms with Gasteiger partial charge in [-0.3, -0.25) is 4.72 Å². The normalized spacial score (nSPS) is 20.4. The summed E-state index contributed by atoms with van der Waals surface area (Å²) in [6.45, 7) is 1.32. The summed E-state index contributed by atoms with van der Waals surface area (Å²) in [5.41, 5.74) is 7.17. The van der Waals surface area contributed by atoms with Gasteiger partial charge in [-0.2, -0.15) is 12.7 Å². The van der Waals surface area contributed by atoms with Gasteiger partial charge < -0.3 is 10.5 Å². The molecule has 1 heterocycles. The van der Waals surface area contributed by atoms with E-state index in [-0.39, 0.29) is 6.04 Å². The molecule has 1 fully saturated rings. The third kappa shape index (κ3) is 4.16. The van der Waals surface area contributed by atoms with Gasteiger partial charge in [-0.25, -0.2) is 0 Å². The number of hydrogen-bond acceptors (Lipinski definition) is 4. The van der Waals surface area contributed by atoms with Crippen LogP contribution in [-0.4, -0.2) is 39.0 Å². The fourth-order valence-electron chi connectivity index (χ4n) is 2.62. The number of methoxy groups -OCH3 is 1. The van der Waals surface area contributed by atoms with Gasteiger partial charge in [0.2, 0.25) is 0 Å². The lowest BCUT2D eigenvalue weighted by Gasteiger charge is -2.33. The smallest absolute Gasteiger partial charge is 0.301 e. The molecule has 1 atom stereocenters. The third-order valence-electron chi connectivity index (χ3n) is 3.64. The molecule has 0 bridgehead atoms. The van der Waals surface area contributed by atoms with Crippen molar-refractivity contribution in [1.29, 1.82) is 0 Å². The lowest BCUT2D eigenvalue weighted by Crippen LogP contribution is -2.49. The van der Waals surface area contributed by atoms with Gasteiger partial charge in [0.05, 0.1) is 12.3 Å². The first-order chi connectivity index (χ1) is 10.1. The second-order valence-electron chi connectivity index (χ2n) is 5.24. The molecule has 3 N–H and O–H groups in total. The summed E-state index contributed by atoms with van der Waals surface area (Å²) in [7, 11) is -1.96. The van der Waals surface area contributed by atoms with Crippen molar-refractivity contribution in [2.45, 2.75) is 31.9 Å². The lowest BCUT2D eigenvalue weighted by atomic mass is 10.1. The van der Waals surface area contributed by atoms with Crippen LogP contribution in [0.4, 0.5) is 5.69 Å². The highest BCUT2D eigenvalue weighted by Gasteiger charge is 2.31. The Morgan fingerprint density at radius 1 is 1.43 bits per heavy atom. The molecule has 0 radical (unpaired) electrons. The second-order valence-corrected chi connectivity index (χ2v) is 6.86. The Hall–Kier alpha value is -1.15. The number of rotatable bonds is 6. The zero-order valence-electron chi connectivity index (χ0n) is 12.3. The summed E-state index contributed by atoms with van der Waals surface area (Å²) >= 11 is 0. The maximum Gasteiger partial charge on any atom is 0.301 e. The Labute approximate surface area is 126 Å². The van der Waals surface area contributed by atoms with Crippen molar-refractivity contribution in [3.8, 4) is 0 Å². The second kappa shape index (κ2) is 7.22. The number of nitrogens with zero attached hydrogens (tertiary/aromatic N) is 1. The van der Waals surface area contributed by atoms with Gasteiger partial charge in [-0.15, -0.1) is 0 Å². The van der Waals surface area contributed by atoms with E-state index in [1.165, 1.54) is 4.31 Å². The number of anilines is 1. The standard InChI is InChI=1S/C14H23N3O3S/c1-20-11-12-5-4-6-13(9-12)16-21(18,19)17-8-3-2-7-14(17)10-15/h4-6,9,14,16H,2-3,7-8,10-11,15H2,1H3. The van der Waals surface area contributed by atoms with Crippen LogP contribution in [-0.2, 0) is 21.6 Å². The number of ether oxygens (including phenoxy) is 1. The number of benzene rings is 1.